The lowest BCUT2D eigenvalue weighted by Crippen LogP contribution is -2.67. The van der Waals surface area contributed by atoms with Gasteiger partial charge in [0.1, 0.15) is 12.2 Å². The summed E-state index contributed by atoms with van der Waals surface area (Å²) >= 11 is 2.45. The zero-order chi connectivity index (χ0) is 26.0. The van der Waals surface area contributed by atoms with E-state index in [4.69, 9.17) is 22.8 Å². The van der Waals surface area contributed by atoms with Crippen LogP contribution in [0.4, 0.5) is 0 Å². The monoisotopic (exact) mass is 646 g/mol. The number of rotatable bonds is 17. The van der Waals surface area contributed by atoms with E-state index in [0.717, 1.165) is 58.8 Å². The molecule has 0 aromatic carbocycles. The minimum Gasteiger partial charge on any atom is -0.409 e. The Kier molecular flexibility index (Phi) is 15.2. The number of alkyl halides is 1. The summed E-state index contributed by atoms with van der Waals surface area (Å²) in [5, 5.41) is 0. The van der Waals surface area contributed by atoms with Crippen molar-refractivity contribution in [2.45, 2.75) is 147 Å². The van der Waals surface area contributed by atoms with Crippen LogP contribution in [0.15, 0.2) is 0 Å². The molecule has 1 rings (SSSR count). The van der Waals surface area contributed by atoms with Crippen molar-refractivity contribution in [3.8, 4) is 0 Å². The Balaban J connectivity index is 3.64. The highest BCUT2D eigenvalue weighted by atomic mass is 127. The molecule has 204 valence electrons. The lowest BCUT2D eigenvalue weighted by molar-refractivity contribution is -0.274. The third-order valence-corrected chi connectivity index (χ3v) is 23.7. The zero-order valence-electron chi connectivity index (χ0n) is 23.9. The summed E-state index contributed by atoms with van der Waals surface area (Å²) in [6.07, 6.45) is -0.953. The Morgan fingerprint density at radius 3 is 1.18 bits per heavy atom. The van der Waals surface area contributed by atoms with Crippen molar-refractivity contribution in [2.24, 2.45) is 0 Å². The first-order chi connectivity index (χ1) is 16.2. The molecule has 1 heterocycles. The fraction of sp³-hybridized carbons (Fsp3) is 1.00. The number of methoxy groups -OCH3 is 1. The van der Waals surface area contributed by atoms with Gasteiger partial charge in [0.15, 0.2) is 31.2 Å². The first-order valence-electron chi connectivity index (χ1n) is 14.0. The molecular weight excluding hydrogens is 591 g/mol. The maximum Gasteiger partial charge on any atom is 0.192 e. The molecule has 0 spiro atoms. The van der Waals surface area contributed by atoms with Gasteiger partial charge >= 0.3 is 0 Å². The molecule has 0 aliphatic carbocycles. The summed E-state index contributed by atoms with van der Waals surface area (Å²) in [6, 6.07) is 9.96. The van der Waals surface area contributed by atoms with Crippen LogP contribution in [-0.2, 0) is 22.8 Å². The fourth-order valence-electron chi connectivity index (χ4n) is 5.46. The van der Waals surface area contributed by atoms with Gasteiger partial charge in [0.2, 0.25) is 0 Å². The second kappa shape index (κ2) is 15.6. The van der Waals surface area contributed by atoms with Crippen LogP contribution in [0.1, 0.15) is 62.3 Å². The van der Waals surface area contributed by atoms with Crippen molar-refractivity contribution < 1.29 is 22.8 Å². The normalized spacial score (nSPS) is 26.7. The van der Waals surface area contributed by atoms with E-state index in [1.165, 1.54) is 0 Å². The van der Waals surface area contributed by atoms with E-state index < -0.39 is 31.2 Å². The largest absolute Gasteiger partial charge is 0.409 e. The highest BCUT2D eigenvalue weighted by molar-refractivity contribution is 14.1. The first kappa shape index (κ1) is 33.2. The standard InChI is InChI=1S/C25H55IO5Si3/c1-11-32(12-2,13-3)29-22-21(20-26)28-25(27-10)24(31-34(17-7,18-8)19-9)23(22)30-33(14-4,15-5)16-6/h21-25H,11-20H2,1-10H3/t21-,22+,23+,24-,25+/m1/s1. The van der Waals surface area contributed by atoms with Crippen LogP contribution >= 0.6 is 22.6 Å². The van der Waals surface area contributed by atoms with Gasteiger partial charge in [0.25, 0.3) is 0 Å². The molecule has 5 nitrogen and oxygen atoms in total. The third kappa shape index (κ3) is 7.61. The Morgan fingerprint density at radius 1 is 0.559 bits per heavy atom. The van der Waals surface area contributed by atoms with Crippen LogP contribution in [0.2, 0.25) is 54.4 Å². The molecule has 0 amide bonds. The van der Waals surface area contributed by atoms with Gasteiger partial charge < -0.3 is 22.8 Å². The topological polar surface area (TPSA) is 46.2 Å². The lowest BCUT2D eigenvalue weighted by Gasteiger charge is -2.52. The van der Waals surface area contributed by atoms with Crippen LogP contribution < -0.4 is 0 Å². The summed E-state index contributed by atoms with van der Waals surface area (Å²) in [5.74, 6) is 0. The van der Waals surface area contributed by atoms with Crippen molar-refractivity contribution in [1.82, 2.24) is 0 Å². The number of ether oxygens (including phenoxy) is 2. The molecule has 0 radical (unpaired) electrons. The Hall–Kier alpha value is 1.18. The Bertz CT molecular complexity index is 498. The van der Waals surface area contributed by atoms with Gasteiger partial charge in [0, 0.05) is 11.5 Å². The maximum atomic E-state index is 7.34. The van der Waals surface area contributed by atoms with Crippen LogP contribution in [0.5, 0.6) is 0 Å². The average molecular weight is 647 g/mol. The minimum absolute atomic E-state index is 0.0508. The van der Waals surface area contributed by atoms with Crippen molar-refractivity contribution in [3.63, 3.8) is 0 Å². The molecule has 5 atom stereocenters. The van der Waals surface area contributed by atoms with Gasteiger partial charge in [-0.3, -0.25) is 0 Å². The van der Waals surface area contributed by atoms with E-state index in [2.05, 4.69) is 84.9 Å². The molecular formula is C25H55IO5Si3. The second-order valence-corrected chi connectivity index (χ2v) is 25.0. The highest BCUT2D eigenvalue weighted by Gasteiger charge is 2.54. The number of hydrogen-bond acceptors (Lipinski definition) is 5. The van der Waals surface area contributed by atoms with E-state index in [1.54, 1.807) is 7.11 Å². The van der Waals surface area contributed by atoms with Crippen LogP contribution in [-0.4, -0.2) is 67.2 Å². The van der Waals surface area contributed by atoms with Crippen LogP contribution in [0.25, 0.3) is 0 Å². The van der Waals surface area contributed by atoms with Crippen molar-refractivity contribution in [1.29, 1.82) is 0 Å². The van der Waals surface area contributed by atoms with Crippen LogP contribution in [0, 0.1) is 0 Å². The van der Waals surface area contributed by atoms with E-state index in [-0.39, 0.29) is 24.4 Å². The molecule has 0 bridgehead atoms. The van der Waals surface area contributed by atoms with Crippen LogP contribution in [0.3, 0.4) is 0 Å². The molecule has 34 heavy (non-hydrogen) atoms. The number of hydrogen-bond donors (Lipinski definition) is 0. The van der Waals surface area contributed by atoms with E-state index in [9.17, 15) is 0 Å². The molecule has 0 saturated carbocycles. The van der Waals surface area contributed by atoms with E-state index in [0.29, 0.717) is 0 Å². The minimum atomic E-state index is -1.93. The molecule has 1 fully saturated rings. The van der Waals surface area contributed by atoms with Crippen molar-refractivity contribution in [2.75, 3.05) is 11.5 Å². The van der Waals surface area contributed by atoms with Gasteiger partial charge in [-0.1, -0.05) is 84.9 Å². The molecule has 0 unspecified atom stereocenters. The molecule has 0 aromatic rings. The van der Waals surface area contributed by atoms with Gasteiger partial charge in [-0.15, -0.1) is 0 Å². The second-order valence-electron chi connectivity index (χ2n) is 9.91. The molecule has 9 heteroatoms. The summed E-state index contributed by atoms with van der Waals surface area (Å²) in [5.41, 5.74) is 0. The molecule has 0 aromatic heterocycles. The van der Waals surface area contributed by atoms with Gasteiger partial charge in [-0.25, -0.2) is 0 Å². The Morgan fingerprint density at radius 2 is 0.882 bits per heavy atom. The number of halogens is 1. The van der Waals surface area contributed by atoms with E-state index in [1.807, 2.05) is 0 Å². The van der Waals surface area contributed by atoms with E-state index >= 15 is 0 Å². The SMILES string of the molecule is CC[Si](CC)(CC)O[C@H]1[C@@H](O[Si](CC)(CC)CC)[C@@H](CI)O[C@H](OC)[C@@H]1O[Si](CC)(CC)CC. The summed E-state index contributed by atoms with van der Waals surface area (Å²) in [7, 11) is -3.99. The van der Waals surface area contributed by atoms with Gasteiger partial charge in [-0.2, -0.15) is 0 Å². The molecule has 1 saturated heterocycles. The van der Waals surface area contributed by atoms with Crippen molar-refractivity contribution in [3.05, 3.63) is 0 Å². The Labute approximate surface area is 228 Å². The quantitative estimate of drug-likeness (QED) is 0.0912. The summed E-state index contributed by atoms with van der Waals surface area (Å²) < 4.78 is 35.2. The summed E-state index contributed by atoms with van der Waals surface area (Å²) in [4.78, 5) is 0. The zero-order valence-corrected chi connectivity index (χ0v) is 29.0. The third-order valence-electron chi connectivity index (χ3n) is 8.93. The lowest BCUT2D eigenvalue weighted by atomic mass is 10.00. The summed E-state index contributed by atoms with van der Waals surface area (Å²) in [6.45, 7) is 20.7. The van der Waals surface area contributed by atoms with Gasteiger partial charge in [0.05, 0.1) is 12.2 Å². The van der Waals surface area contributed by atoms with Gasteiger partial charge in [-0.05, 0) is 54.4 Å². The highest BCUT2D eigenvalue weighted by Crippen LogP contribution is 2.39. The molecule has 0 N–H and O–H groups in total. The maximum absolute atomic E-state index is 7.34. The molecule has 1 aliphatic heterocycles. The average Bonchev–Trinajstić information content (AvgIpc) is 2.90. The fourth-order valence-corrected chi connectivity index (χ4v) is 14.7. The van der Waals surface area contributed by atoms with Crippen molar-refractivity contribution >= 4 is 47.5 Å². The predicted octanol–water partition coefficient (Wildman–Crippen LogP) is 7.96. The smallest absolute Gasteiger partial charge is 0.192 e. The first-order valence-corrected chi connectivity index (χ1v) is 23.1. The predicted molar refractivity (Wildman–Crippen MR) is 161 cm³/mol. The molecule has 1 aliphatic rings.